The number of carbonyl (C=O) groups excluding carboxylic acids is 6. The second kappa shape index (κ2) is 24.8. The molecule has 10 N–H and O–H groups in total. The van der Waals surface area contributed by atoms with E-state index in [9.17, 15) is 39.0 Å². The molecule has 18 heteroatoms. The topological polar surface area (TPSA) is 260 Å². The number of rotatable bonds is 26. The molecule has 6 amide bonds. The van der Waals surface area contributed by atoms with Crippen molar-refractivity contribution in [3.05, 3.63) is 59.7 Å². The number of aliphatic hydroxyl groups excluding tert-OH is 2. The number of amides is 6. The Kier molecular flexibility index (Phi) is 19.8. The average Bonchev–Trinajstić information content (AvgIpc) is 3.68. The highest BCUT2D eigenvalue weighted by atomic mass is 16.7. The lowest BCUT2D eigenvalue weighted by Crippen LogP contribution is -2.65. The maximum absolute atomic E-state index is 13.8. The molecule has 1 aliphatic heterocycles. The van der Waals surface area contributed by atoms with Crippen molar-refractivity contribution in [1.29, 1.82) is 0 Å². The number of aliphatic hydroxyl groups is 2. The van der Waals surface area contributed by atoms with Crippen LogP contribution in [0.25, 0.3) is 11.1 Å². The zero-order chi connectivity index (χ0) is 50.6. The summed E-state index contributed by atoms with van der Waals surface area (Å²) in [6.45, 7) is 15.1. The maximum atomic E-state index is 13.8. The quantitative estimate of drug-likeness (QED) is 0.0489. The predicted octanol–water partition coefficient (Wildman–Crippen LogP) is 3.08. The summed E-state index contributed by atoms with van der Waals surface area (Å²) >= 11 is 0. The number of carbonyl (C=O) groups is 6. The third-order valence-electron chi connectivity index (χ3n) is 14.5. The number of hydrogen-bond acceptors (Lipinski definition) is 11. The van der Waals surface area contributed by atoms with Crippen LogP contribution in [0.4, 0.5) is 0 Å². The van der Waals surface area contributed by atoms with Crippen LogP contribution in [-0.2, 0) is 39.7 Å². The van der Waals surface area contributed by atoms with Crippen molar-refractivity contribution in [2.45, 2.75) is 168 Å². The van der Waals surface area contributed by atoms with Crippen LogP contribution >= 0.6 is 0 Å². The normalized spacial score (nSPS) is 22.7. The summed E-state index contributed by atoms with van der Waals surface area (Å²) in [5.41, 5.74) is 8.97. The zero-order valence-corrected chi connectivity index (χ0v) is 41.9. The maximum Gasteiger partial charge on any atom is 0.484 e. The molecular weight excluding hydrogens is 881 g/mol. The number of hydrogen-bond donors (Lipinski definition) is 9. The van der Waals surface area contributed by atoms with Crippen LogP contribution < -0.4 is 37.6 Å². The van der Waals surface area contributed by atoms with Gasteiger partial charge in [0.2, 0.25) is 29.5 Å². The van der Waals surface area contributed by atoms with Gasteiger partial charge in [0.25, 0.3) is 5.91 Å². The van der Waals surface area contributed by atoms with E-state index in [1.807, 2.05) is 32.9 Å². The first-order valence-electron chi connectivity index (χ1n) is 25.0. The molecule has 3 aliphatic carbocycles. The van der Waals surface area contributed by atoms with Gasteiger partial charge in [-0.05, 0) is 131 Å². The van der Waals surface area contributed by atoms with Gasteiger partial charge in [-0.25, -0.2) is 0 Å². The minimum atomic E-state index is -1.52. The molecule has 0 radical (unpaired) electrons. The van der Waals surface area contributed by atoms with Gasteiger partial charge in [-0.15, -0.1) is 0 Å². The Balaban J connectivity index is 1.11. The highest BCUT2D eigenvalue weighted by Gasteiger charge is 2.68. The molecule has 1 saturated heterocycles. The monoisotopic (exact) mass is 960 g/mol. The van der Waals surface area contributed by atoms with Gasteiger partial charge in [0.05, 0.1) is 30.4 Å². The van der Waals surface area contributed by atoms with Crippen LogP contribution in [0.5, 0.6) is 0 Å². The molecule has 69 heavy (non-hydrogen) atoms. The largest absolute Gasteiger partial charge is 0.484 e. The predicted molar refractivity (Wildman–Crippen MR) is 264 cm³/mol. The molecule has 17 nitrogen and oxygen atoms in total. The first-order valence-corrected chi connectivity index (χ1v) is 25.0. The number of unbranched alkanes of at least 4 members (excludes halogenated alkanes) is 2. The summed E-state index contributed by atoms with van der Waals surface area (Å²) in [4.78, 5) is 80.6. The van der Waals surface area contributed by atoms with E-state index < -0.39 is 85.1 Å². The standard InChI is InChI=1S/C51H78BN7O10/c1-9-10-13-33-15-17-34(18-16-33)35-19-21-36(22-20-35)46(64)54-25-23-43(62)56-38(14-11-12-24-53)47(65)59-44(32(5)61)49(67)55-31(4)45(63)57-39(26-30(2)3)48(66)58-42(29-60)52-68-41-28-37-27-40(50(37,6)7)51(41,8)69-52/h15-22,30-32,37-42,44,60-61H,9-14,23-29,53H2,1-8H3,(H,54,64)(H,55,67)(H,56,62)(H,57,63)(H,58,66)(H,59,65)/t31-,32?,37-,38-,39-,40-,41?,42-,44-,51-/m0/s1. The van der Waals surface area contributed by atoms with Gasteiger partial charge >= 0.3 is 7.12 Å². The molecule has 2 unspecified atom stereocenters. The van der Waals surface area contributed by atoms with E-state index >= 15 is 0 Å². The van der Waals surface area contributed by atoms with E-state index in [0.717, 1.165) is 43.2 Å². The van der Waals surface area contributed by atoms with Gasteiger partial charge in [-0.3, -0.25) is 28.8 Å². The molecule has 4 aliphatic rings. The average molecular weight is 960 g/mol. The Morgan fingerprint density at radius 2 is 1.45 bits per heavy atom. The Morgan fingerprint density at radius 1 is 0.797 bits per heavy atom. The Hall–Kier alpha value is -4.88. The van der Waals surface area contributed by atoms with Gasteiger partial charge in [0.1, 0.15) is 24.2 Å². The minimum absolute atomic E-state index is 0.00820. The molecule has 2 aromatic rings. The molecule has 2 aromatic carbocycles. The summed E-state index contributed by atoms with van der Waals surface area (Å²) < 4.78 is 12.8. The van der Waals surface area contributed by atoms with Crippen LogP contribution in [-0.4, -0.2) is 120 Å². The van der Waals surface area contributed by atoms with E-state index in [1.165, 1.54) is 19.4 Å². The summed E-state index contributed by atoms with van der Waals surface area (Å²) in [6, 6.07) is 10.7. The molecule has 6 rings (SSSR count). The van der Waals surface area contributed by atoms with Crippen molar-refractivity contribution >= 4 is 42.6 Å². The molecular formula is C51H78BN7O10. The Morgan fingerprint density at radius 3 is 2.04 bits per heavy atom. The van der Waals surface area contributed by atoms with Crippen LogP contribution in [0.2, 0.25) is 0 Å². The second-order valence-electron chi connectivity index (χ2n) is 20.6. The smallest absolute Gasteiger partial charge is 0.404 e. The molecule has 4 fully saturated rings. The van der Waals surface area contributed by atoms with Gasteiger partial charge in [-0.1, -0.05) is 77.4 Å². The lowest BCUT2D eigenvalue weighted by atomic mass is 9.43. The van der Waals surface area contributed by atoms with E-state index in [4.69, 9.17) is 15.0 Å². The van der Waals surface area contributed by atoms with Crippen LogP contribution in [0, 0.1) is 23.2 Å². The SMILES string of the molecule is CCCCc1ccc(-c2ccc(C(=O)NCCC(=O)N[C@@H](CCCCN)C(=O)N[C@H](C(=O)N[C@@H](C)C(=O)N[C@@H](CC(C)C)C(=O)N[C@@H](CO)B3OC4C[C@@H]5C[C@@H](C5(C)C)[C@]4(C)O3)C(C)O)cc2)cc1. The fourth-order valence-electron chi connectivity index (χ4n) is 10.1. The summed E-state index contributed by atoms with van der Waals surface area (Å²) in [5, 5.41) is 37.1. The molecule has 0 spiro atoms. The van der Waals surface area contributed by atoms with Gasteiger partial charge in [0, 0.05) is 18.5 Å². The van der Waals surface area contributed by atoms with Crippen LogP contribution in [0.3, 0.4) is 0 Å². The zero-order valence-electron chi connectivity index (χ0n) is 41.9. The number of nitrogens with two attached hydrogens (primary N) is 1. The Labute approximate surface area is 408 Å². The summed E-state index contributed by atoms with van der Waals surface area (Å²) in [7, 11) is -0.884. The number of aryl methyl sites for hydroxylation is 1. The van der Waals surface area contributed by atoms with E-state index in [0.29, 0.717) is 30.9 Å². The van der Waals surface area contributed by atoms with Crippen molar-refractivity contribution < 1.29 is 48.3 Å². The lowest BCUT2D eigenvalue weighted by Gasteiger charge is -2.64. The second-order valence-corrected chi connectivity index (χ2v) is 20.6. The summed E-state index contributed by atoms with van der Waals surface area (Å²) in [5.74, 6) is -3.90. The van der Waals surface area contributed by atoms with Crippen molar-refractivity contribution in [1.82, 2.24) is 31.9 Å². The molecule has 3 saturated carbocycles. The lowest BCUT2D eigenvalue weighted by molar-refractivity contribution is -0.199. The van der Waals surface area contributed by atoms with E-state index in [2.05, 4.69) is 76.9 Å². The van der Waals surface area contributed by atoms with E-state index in [-0.39, 0.29) is 55.1 Å². The molecule has 0 aromatic heterocycles. The van der Waals surface area contributed by atoms with Crippen molar-refractivity contribution in [3.63, 3.8) is 0 Å². The molecule has 1 heterocycles. The minimum Gasteiger partial charge on any atom is -0.404 e. The van der Waals surface area contributed by atoms with Crippen molar-refractivity contribution in [2.24, 2.45) is 28.9 Å². The van der Waals surface area contributed by atoms with Crippen LogP contribution in [0.1, 0.15) is 129 Å². The third-order valence-corrected chi connectivity index (χ3v) is 14.5. The van der Waals surface area contributed by atoms with Gasteiger partial charge < -0.3 is 57.2 Å². The molecule has 380 valence electrons. The molecule has 2 bridgehead atoms. The van der Waals surface area contributed by atoms with Gasteiger partial charge in [0.15, 0.2) is 0 Å². The Bertz CT molecular complexity index is 2070. The number of benzene rings is 2. The van der Waals surface area contributed by atoms with Crippen LogP contribution in [0.15, 0.2) is 48.5 Å². The van der Waals surface area contributed by atoms with E-state index in [1.54, 1.807) is 12.1 Å². The highest BCUT2D eigenvalue weighted by molar-refractivity contribution is 6.48. The highest BCUT2D eigenvalue weighted by Crippen LogP contribution is 2.65. The fourth-order valence-corrected chi connectivity index (χ4v) is 10.1. The molecule has 10 atom stereocenters. The van der Waals surface area contributed by atoms with Crippen molar-refractivity contribution in [2.75, 3.05) is 19.7 Å². The first-order chi connectivity index (χ1) is 32.7. The van der Waals surface area contributed by atoms with Crippen molar-refractivity contribution in [3.8, 4) is 11.1 Å². The first kappa shape index (κ1) is 55.1. The summed E-state index contributed by atoms with van der Waals surface area (Å²) in [6.07, 6.45) is 4.91. The van der Waals surface area contributed by atoms with Gasteiger partial charge in [-0.2, -0.15) is 0 Å². The fraction of sp³-hybridized carbons (Fsp3) is 0.647. The third kappa shape index (κ3) is 14.1. The number of nitrogens with one attached hydrogen (secondary N) is 6.